The largest absolute Gasteiger partial charge is 0.245 e. The van der Waals surface area contributed by atoms with Gasteiger partial charge in [-0.1, -0.05) is 29.4 Å². The molecule has 1 aromatic carbocycles. The van der Waals surface area contributed by atoms with E-state index in [9.17, 15) is 4.39 Å². The second kappa shape index (κ2) is 6.72. The maximum atomic E-state index is 13.0. The predicted molar refractivity (Wildman–Crippen MR) is 84.7 cm³/mol. The Bertz CT molecular complexity index is 788. The number of rotatable bonds is 5. The van der Waals surface area contributed by atoms with Gasteiger partial charge in [-0.05, 0) is 28.1 Å². The van der Waals surface area contributed by atoms with Gasteiger partial charge in [0.2, 0.25) is 5.16 Å². The molecule has 114 valence electrons. The molecule has 3 rings (SSSR count). The van der Waals surface area contributed by atoms with E-state index in [1.165, 1.54) is 23.9 Å². The summed E-state index contributed by atoms with van der Waals surface area (Å²) < 4.78 is 14.7. The number of nitrogens with zero attached hydrogens (tertiary/aromatic N) is 5. The molecular formula is C13H11ClFN5S2. The van der Waals surface area contributed by atoms with Gasteiger partial charge in [0.1, 0.15) is 5.82 Å². The molecule has 3 aromatic rings. The fourth-order valence-corrected chi connectivity index (χ4v) is 3.71. The van der Waals surface area contributed by atoms with E-state index >= 15 is 0 Å². The van der Waals surface area contributed by atoms with Crippen LogP contribution in [0.5, 0.6) is 0 Å². The standard InChI is InChI=1S/C13H11ClFN5S2/c1-20-13(17-18-19-20)22-7-10-6-21-12(16-10)4-8-2-3-9(15)5-11(8)14/h2-3,5-6H,4,7H2,1H3. The number of hydrogen-bond donors (Lipinski definition) is 0. The summed E-state index contributed by atoms with van der Waals surface area (Å²) in [5.74, 6) is 0.365. The molecule has 0 bridgehead atoms. The lowest BCUT2D eigenvalue weighted by Crippen LogP contribution is -1.94. The van der Waals surface area contributed by atoms with Gasteiger partial charge in [0.15, 0.2) is 0 Å². The van der Waals surface area contributed by atoms with Crippen molar-refractivity contribution >= 4 is 34.7 Å². The molecule has 22 heavy (non-hydrogen) atoms. The lowest BCUT2D eigenvalue weighted by molar-refractivity contribution is 0.627. The molecule has 0 saturated carbocycles. The Morgan fingerprint density at radius 2 is 2.27 bits per heavy atom. The van der Waals surface area contributed by atoms with Crippen LogP contribution in [0.2, 0.25) is 5.02 Å². The van der Waals surface area contributed by atoms with Crippen molar-refractivity contribution in [2.24, 2.45) is 7.05 Å². The maximum absolute atomic E-state index is 13.0. The Kier molecular flexibility index (Phi) is 4.70. The highest BCUT2D eigenvalue weighted by molar-refractivity contribution is 7.98. The molecule has 0 aliphatic rings. The average Bonchev–Trinajstić information content (AvgIpc) is 3.09. The number of hydrogen-bond acceptors (Lipinski definition) is 6. The van der Waals surface area contributed by atoms with E-state index in [0.29, 0.717) is 17.2 Å². The molecule has 0 atom stereocenters. The Hall–Kier alpha value is -1.51. The second-order valence-electron chi connectivity index (χ2n) is 4.52. The van der Waals surface area contributed by atoms with Crippen LogP contribution in [0.4, 0.5) is 4.39 Å². The second-order valence-corrected chi connectivity index (χ2v) is 6.81. The van der Waals surface area contributed by atoms with Crippen molar-refractivity contribution in [2.45, 2.75) is 17.3 Å². The summed E-state index contributed by atoms with van der Waals surface area (Å²) in [4.78, 5) is 4.57. The monoisotopic (exact) mass is 355 g/mol. The SMILES string of the molecule is Cn1nnnc1SCc1csc(Cc2ccc(F)cc2Cl)n1. The van der Waals surface area contributed by atoms with E-state index < -0.39 is 0 Å². The van der Waals surface area contributed by atoms with Crippen LogP contribution in [-0.2, 0) is 19.2 Å². The average molecular weight is 356 g/mol. The molecule has 2 aromatic heterocycles. The van der Waals surface area contributed by atoms with Gasteiger partial charge in [-0.15, -0.1) is 16.4 Å². The van der Waals surface area contributed by atoms with Crippen LogP contribution in [-0.4, -0.2) is 25.2 Å². The molecule has 0 unspecified atom stereocenters. The van der Waals surface area contributed by atoms with Crippen LogP contribution in [0.3, 0.4) is 0 Å². The van der Waals surface area contributed by atoms with Gasteiger partial charge in [-0.25, -0.2) is 14.1 Å². The summed E-state index contributed by atoms with van der Waals surface area (Å²) in [6.45, 7) is 0. The molecule has 2 heterocycles. The highest BCUT2D eigenvalue weighted by atomic mass is 35.5. The predicted octanol–water partition coefficient (Wildman–Crippen LogP) is 3.34. The zero-order valence-electron chi connectivity index (χ0n) is 11.5. The Morgan fingerprint density at radius 1 is 1.41 bits per heavy atom. The minimum Gasteiger partial charge on any atom is -0.245 e. The van der Waals surface area contributed by atoms with E-state index in [1.807, 2.05) is 5.38 Å². The number of benzene rings is 1. The first kappa shape index (κ1) is 15.4. The van der Waals surface area contributed by atoms with Crippen molar-refractivity contribution in [2.75, 3.05) is 0 Å². The van der Waals surface area contributed by atoms with Crippen LogP contribution in [0.25, 0.3) is 0 Å². The molecule has 0 fully saturated rings. The van der Waals surface area contributed by atoms with E-state index in [-0.39, 0.29) is 5.82 Å². The number of thiazole rings is 1. The van der Waals surface area contributed by atoms with Gasteiger partial charge in [0, 0.05) is 29.6 Å². The van der Waals surface area contributed by atoms with E-state index in [1.54, 1.807) is 29.1 Å². The molecule has 0 amide bonds. The minimum absolute atomic E-state index is 0.331. The van der Waals surface area contributed by atoms with Crippen molar-refractivity contribution in [1.29, 1.82) is 0 Å². The third-order valence-electron chi connectivity index (χ3n) is 2.89. The summed E-state index contributed by atoms with van der Waals surface area (Å²) in [5, 5.41) is 15.4. The zero-order chi connectivity index (χ0) is 15.5. The van der Waals surface area contributed by atoms with Gasteiger partial charge in [0.25, 0.3) is 0 Å². The lowest BCUT2D eigenvalue weighted by atomic mass is 10.1. The minimum atomic E-state index is -0.331. The van der Waals surface area contributed by atoms with Crippen molar-refractivity contribution in [1.82, 2.24) is 25.2 Å². The number of thioether (sulfide) groups is 1. The summed E-state index contributed by atoms with van der Waals surface area (Å²) in [6.07, 6.45) is 0.597. The van der Waals surface area contributed by atoms with Crippen LogP contribution < -0.4 is 0 Å². The topological polar surface area (TPSA) is 56.5 Å². The Balaban J connectivity index is 1.65. The van der Waals surface area contributed by atoms with Crippen LogP contribution >= 0.6 is 34.7 Å². The van der Waals surface area contributed by atoms with Gasteiger partial charge in [0.05, 0.1) is 10.7 Å². The van der Waals surface area contributed by atoms with Gasteiger partial charge >= 0.3 is 0 Å². The first-order valence-electron chi connectivity index (χ1n) is 6.34. The molecule has 0 radical (unpaired) electrons. The van der Waals surface area contributed by atoms with Crippen LogP contribution in [0.15, 0.2) is 28.7 Å². The first-order chi connectivity index (χ1) is 10.6. The smallest absolute Gasteiger partial charge is 0.209 e. The molecule has 0 saturated heterocycles. The Labute approximate surface area is 139 Å². The molecule has 0 spiro atoms. The molecule has 0 aliphatic carbocycles. The van der Waals surface area contributed by atoms with Crippen molar-refractivity contribution in [3.63, 3.8) is 0 Å². The van der Waals surface area contributed by atoms with Gasteiger partial charge < -0.3 is 0 Å². The summed E-state index contributed by atoms with van der Waals surface area (Å²) >= 11 is 9.13. The van der Waals surface area contributed by atoms with Crippen LogP contribution in [0, 0.1) is 5.82 Å². The Morgan fingerprint density at radius 3 is 3.00 bits per heavy atom. The van der Waals surface area contributed by atoms with E-state index in [2.05, 4.69) is 20.5 Å². The number of halogens is 2. The number of aromatic nitrogens is 5. The zero-order valence-corrected chi connectivity index (χ0v) is 13.9. The molecule has 5 nitrogen and oxygen atoms in total. The van der Waals surface area contributed by atoms with E-state index in [0.717, 1.165) is 21.4 Å². The van der Waals surface area contributed by atoms with Crippen molar-refractivity contribution in [3.05, 3.63) is 50.7 Å². The third kappa shape index (κ3) is 3.63. The molecular weight excluding hydrogens is 345 g/mol. The third-order valence-corrected chi connectivity index (χ3v) is 5.18. The fourth-order valence-electron chi connectivity index (χ4n) is 1.81. The quantitative estimate of drug-likeness (QED) is 0.657. The van der Waals surface area contributed by atoms with Gasteiger partial charge in [-0.3, -0.25) is 0 Å². The van der Waals surface area contributed by atoms with Crippen molar-refractivity contribution in [3.8, 4) is 0 Å². The van der Waals surface area contributed by atoms with Gasteiger partial charge in [-0.2, -0.15) is 0 Å². The first-order valence-corrected chi connectivity index (χ1v) is 8.58. The highest BCUT2D eigenvalue weighted by Crippen LogP contribution is 2.24. The molecule has 0 aliphatic heterocycles. The normalized spacial score (nSPS) is 11.0. The summed E-state index contributed by atoms with van der Waals surface area (Å²) in [5.41, 5.74) is 1.83. The molecule has 9 heteroatoms. The highest BCUT2D eigenvalue weighted by Gasteiger charge is 2.09. The summed E-state index contributed by atoms with van der Waals surface area (Å²) in [6, 6.07) is 4.42. The number of tetrazole rings is 1. The maximum Gasteiger partial charge on any atom is 0.209 e. The number of aryl methyl sites for hydroxylation is 1. The van der Waals surface area contributed by atoms with E-state index in [4.69, 9.17) is 11.6 Å². The van der Waals surface area contributed by atoms with Crippen LogP contribution in [0.1, 0.15) is 16.3 Å². The fraction of sp³-hybridized carbons (Fsp3) is 0.231. The molecule has 0 N–H and O–H groups in total. The summed E-state index contributed by atoms with van der Waals surface area (Å²) in [7, 11) is 1.80. The van der Waals surface area contributed by atoms with Crippen molar-refractivity contribution < 1.29 is 4.39 Å². The lowest BCUT2D eigenvalue weighted by Gasteiger charge is -2.01.